The van der Waals surface area contributed by atoms with Crippen LogP contribution < -0.4 is 44.3 Å². The van der Waals surface area contributed by atoms with Gasteiger partial charge in [0.25, 0.3) is 17.4 Å². The van der Waals surface area contributed by atoms with Crippen molar-refractivity contribution in [2.45, 2.75) is 91.5 Å². The number of carbonyl (C=O) groups is 2. The van der Waals surface area contributed by atoms with E-state index in [4.69, 9.17) is 39.7 Å². The highest BCUT2D eigenvalue weighted by Gasteiger charge is 2.33. The van der Waals surface area contributed by atoms with Crippen molar-refractivity contribution in [2.24, 2.45) is 5.84 Å². The first kappa shape index (κ1) is 101. The fourth-order valence-electron chi connectivity index (χ4n) is 9.69. The summed E-state index contributed by atoms with van der Waals surface area (Å²) in [7, 11) is 5.83. The molecular weight excluding hydrogens is 1820 g/mol. The van der Waals surface area contributed by atoms with Crippen molar-refractivity contribution < 1.29 is 41.8 Å². The number of nitrogens with zero attached hydrogens (tertiary/aromatic N) is 20. The number of anilines is 1. The van der Waals surface area contributed by atoms with Crippen molar-refractivity contribution in [3.63, 3.8) is 0 Å². The maximum Gasteiger partial charge on any atom is 0.348 e. The molecule has 2 aliphatic rings. The molecule has 640 valence electrons. The molecule has 13 heterocycles. The Bertz CT molecular complexity index is 5790. The molecule has 2 aliphatic heterocycles. The Morgan fingerprint density at radius 3 is 1.61 bits per heavy atom. The number of aromatic nitrogens is 24. The van der Waals surface area contributed by atoms with Gasteiger partial charge in [-0.25, -0.2) is 66.0 Å². The number of amides is 2. The Morgan fingerprint density at radius 2 is 1.16 bits per heavy atom. The maximum absolute atomic E-state index is 13.5. The molecule has 0 saturated carbocycles. The number of carbonyl (C=O) groups excluding carboxylic acids is 2. The Labute approximate surface area is 722 Å². The molecular formula is C63H80Cl4FN30O12P3S6. The highest BCUT2D eigenvalue weighted by molar-refractivity contribution is 8.63. The SMILES string of the molecule is CCO.C[C@@H]1CC[C@H](O)CN1C(=O)c1ccccc1-n1nccn1.Cc1nc2cc[nH]c(=O)n2n1.Cc1nc2ccnc(Cl)n2n1.Cc1nc2ccnc(O[C@@H]3CC[C@@H](C)N(C(=O)c4ccccc4-n4nccn4)C3)n2n1.N=N.NNc1ccnc(=O)[nH]1.O.O=P(Cl)(Cl)Cl.O=c1[nH]ccc(=S)[nH]1.O=c1cc[nH]c(=O)[nH]1.S=PP=S=S=S=S.[2H]CF.[HH]. The zero-order valence-corrected chi connectivity index (χ0v) is 73.7. The summed E-state index contributed by atoms with van der Waals surface area (Å²) in [6.45, 7) is 12.2. The molecule has 2 fully saturated rings. The number of nitrogens with two attached hydrogens (primary N) is 1. The van der Waals surface area contributed by atoms with E-state index < -0.39 is 29.8 Å². The van der Waals surface area contributed by atoms with Crippen LogP contribution in [0.25, 0.3) is 28.3 Å². The van der Waals surface area contributed by atoms with Crippen molar-refractivity contribution in [3.8, 4) is 17.4 Å². The van der Waals surface area contributed by atoms with Crippen molar-refractivity contribution in [3.05, 3.63) is 238 Å². The summed E-state index contributed by atoms with van der Waals surface area (Å²) in [6.07, 6.45) is 17.9. The average Bonchev–Trinajstić information content (AvgIpc) is 1.79. The smallest absolute Gasteiger partial charge is 0.348 e. The lowest BCUT2D eigenvalue weighted by molar-refractivity contribution is 0.0309. The maximum atomic E-state index is 13.5. The zero-order valence-electron chi connectivity index (χ0n) is 64.1. The Kier molecular flexibility index (Phi) is 47.2. The van der Waals surface area contributed by atoms with Crippen LogP contribution in [0.1, 0.15) is 87.4 Å². The second-order valence-electron chi connectivity index (χ2n) is 22.5. The lowest BCUT2D eigenvalue weighted by Gasteiger charge is -2.37. The van der Waals surface area contributed by atoms with Gasteiger partial charge >= 0.3 is 34.0 Å². The summed E-state index contributed by atoms with van der Waals surface area (Å²) in [5.41, 5.74) is 14.9. The van der Waals surface area contributed by atoms with Crippen molar-refractivity contribution >= 4 is 162 Å². The number of hydrogen-bond donors (Lipinski definition) is 12. The normalized spacial score (nSPS) is 14.1. The van der Waals surface area contributed by atoms with E-state index >= 15 is 0 Å². The van der Waals surface area contributed by atoms with Crippen molar-refractivity contribution in [1.29, 1.82) is 11.1 Å². The van der Waals surface area contributed by atoms with Crippen LogP contribution in [0.4, 0.5) is 10.2 Å². The first-order chi connectivity index (χ1) is 56.9. The second-order valence-corrected chi connectivity index (χ2v) is 39.6. The third kappa shape index (κ3) is 36.5. The van der Waals surface area contributed by atoms with E-state index in [1.54, 1.807) is 127 Å². The van der Waals surface area contributed by atoms with Gasteiger partial charge in [0, 0.05) is 96.1 Å². The first-order valence-electron chi connectivity index (χ1n) is 34.1. The summed E-state index contributed by atoms with van der Waals surface area (Å²) >= 11 is 33.4. The predicted octanol–water partition coefficient (Wildman–Crippen LogP) is 7.82. The highest BCUT2D eigenvalue weighted by Crippen LogP contribution is 2.61. The number of aromatic amines is 6. The van der Waals surface area contributed by atoms with E-state index in [1.807, 2.05) is 67.1 Å². The topological polar surface area (TPSA) is 595 Å². The van der Waals surface area contributed by atoms with Crippen LogP contribution in [0.2, 0.25) is 5.28 Å². The second kappa shape index (κ2) is 55.6. The third-order valence-corrected chi connectivity index (χ3v) is 24.9. The molecule has 4 atom stereocenters. The minimum absolute atomic E-state index is 0. The number of nitrogens with one attached hydrogen (secondary N) is 9. The van der Waals surface area contributed by atoms with Crippen molar-refractivity contribution in [1.82, 2.24) is 128 Å². The number of rotatable bonds is 8. The Balaban J connectivity index is 0.000000483. The number of aliphatic hydroxyl groups is 2. The van der Waals surface area contributed by atoms with Gasteiger partial charge in [-0.05, 0) is 205 Å². The van der Waals surface area contributed by atoms with Crippen LogP contribution in [0.15, 0.2) is 171 Å². The van der Waals surface area contributed by atoms with E-state index in [1.165, 1.54) is 59.2 Å². The van der Waals surface area contributed by atoms with Crippen LogP contribution in [-0.4, -0.2) is 207 Å². The summed E-state index contributed by atoms with van der Waals surface area (Å²) in [6, 6.07) is 24.9. The summed E-state index contributed by atoms with van der Waals surface area (Å²) < 4.78 is 36.0. The van der Waals surface area contributed by atoms with Crippen LogP contribution in [0.3, 0.4) is 0 Å². The van der Waals surface area contributed by atoms with Gasteiger partial charge in [0.05, 0.1) is 68.5 Å². The molecule has 11 aromatic heterocycles. The molecule has 15 N–H and O–H groups in total. The number of aryl methyl sites for hydroxylation is 3. The Morgan fingerprint density at radius 1 is 0.697 bits per heavy atom. The number of fused-ring (bicyclic) bond motifs is 3. The number of hydrazine groups is 1. The Hall–Kier alpha value is -10.2. The molecule has 2 saturated heterocycles. The predicted molar refractivity (Wildman–Crippen MR) is 466 cm³/mol. The third-order valence-electron chi connectivity index (χ3n) is 14.4. The zero-order chi connectivity index (χ0) is 88.0. The summed E-state index contributed by atoms with van der Waals surface area (Å²) in [5, 5.41) is 43.3. The number of H-pyrrole nitrogens is 6. The molecule has 0 bridgehead atoms. The number of ether oxygens (including phenoxy) is 1. The number of halogens is 5. The molecule has 0 radical (unpaired) electrons. The highest BCUT2D eigenvalue weighted by atomic mass is 36.0. The molecule has 119 heavy (non-hydrogen) atoms. The number of aliphatic hydroxyl groups excluding tert-OH is 2. The number of piperidine rings is 2. The number of likely N-dealkylation sites (tertiary alicyclic amines) is 2. The van der Waals surface area contributed by atoms with Crippen LogP contribution in [0, 0.1) is 36.5 Å². The number of alkyl halides is 1. The van der Waals surface area contributed by atoms with E-state index in [9.17, 15) is 47.6 Å². The minimum atomic E-state index is -3.22. The minimum Gasteiger partial charge on any atom is -0.458 e. The van der Waals surface area contributed by atoms with Gasteiger partial charge in [0.15, 0.2) is 16.9 Å². The van der Waals surface area contributed by atoms with Crippen molar-refractivity contribution in [2.75, 3.05) is 32.3 Å². The van der Waals surface area contributed by atoms with Gasteiger partial charge in [0.1, 0.15) is 34.0 Å². The lowest BCUT2D eigenvalue weighted by Crippen LogP contribution is -2.49. The number of β-amino-alcohol motifs (C(OH)–C–C–N with tert-alkyl or cyclic N) is 1. The first-order valence-corrected chi connectivity index (χ1v) is 47.1. The van der Waals surface area contributed by atoms with E-state index in [-0.39, 0.29) is 60.5 Å². The lowest BCUT2D eigenvalue weighted by atomic mass is 9.99. The number of para-hydroxylation sites is 2. The molecule has 42 nitrogen and oxygen atoms in total. The van der Waals surface area contributed by atoms with Crippen LogP contribution >= 0.6 is 76.8 Å². The largest absolute Gasteiger partial charge is 0.458 e. The molecule has 56 heteroatoms. The van der Waals surface area contributed by atoms with E-state index in [0.29, 0.717) is 86.1 Å². The van der Waals surface area contributed by atoms with Gasteiger partial charge in [-0.15, -0.1) is 15.3 Å². The van der Waals surface area contributed by atoms with E-state index in [2.05, 4.69) is 172 Å². The molecule has 2 amide bonds. The van der Waals surface area contributed by atoms with Crippen LogP contribution in [-0.2, 0) is 54.8 Å². The summed E-state index contributed by atoms with van der Waals surface area (Å²) in [5.74, 6) is 7.21. The quantitative estimate of drug-likeness (QED) is 0.0172. The van der Waals surface area contributed by atoms with Gasteiger partial charge in [-0.1, -0.05) is 36.5 Å². The van der Waals surface area contributed by atoms with Gasteiger partial charge in [-0.3, -0.25) is 38.3 Å². The molecule has 0 aliphatic carbocycles. The molecule has 2 aromatic carbocycles. The van der Waals surface area contributed by atoms with E-state index in [0.717, 1.165) is 38.4 Å². The average molecular weight is 1900 g/mol. The van der Waals surface area contributed by atoms with Crippen LogP contribution in [0.5, 0.6) is 6.01 Å². The monoisotopic (exact) mass is 1890 g/mol. The molecule has 0 spiro atoms. The number of benzene rings is 2. The number of nitrogen functional groups attached to an aromatic ring is 1. The standard InChI is InChI=1S/C21H22N8O2.C15H18N4O2.C6H5ClN4.C6H6N4O.C4H6N4O.C4H4N2O2.C4H4N2OS.C2H6O.CH3F.Cl3OP.H2N2.H2O.P2S5.H2/c1-14-7-8-16(31-21-22-10-9-19-25-15(2)26-28(19)21)13-27(14)20(30)17-5-3-4-6-18(17)29-23-11-12-24-29;1-11-6-7-12(20)10-18(11)15(21)13-4-2-3-5-14(13)19-16-8-9-17-19;1-4-9-5-2-3-8-6(7)11(5)10-4;1-4-8-5-2-3-7-6(11)10(5)9-4;5-8-3-1-2-6-4(9)7-3;7-3-1-2-5-4(8)6-3;7-4-5-2-1-3(8)6-4;1-2-3;1-2;1-5(2,3)4;1-2;;3-1-2-5-7-6-4;/h3-6,9-12,14,16H,7-8,13H2,1-2H3;2-5,8-9,11-12,20H,6-7,10H2,1H3;2-3H,1H3;2-3H,1H3,(H,7,11);1-2H,5H2,(H2,6,7,8,9);2*1-2H,(H2,5,6,7,8);3H,2H2,1H3;1H3;;1-2H;1H2;;1H/t14-,16-;11-,12+;;;;;;;;;;;;/m11............/s1/i;;;;;;;;1D;;;;;. The summed E-state index contributed by atoms with van der Waals surface area (Å²) in [4.78, 5) is 123. The molecule has 13 aromatic rings. The fourth-order valence-corrected chi connectivity index (χ4v) is 19.6. The van der Waals surface area contributed by atoms with Gasteiger partial charge in [0.2, 0.25) is 5.28 Å². The fraction of sp³-hybridized carbons (Fsp3) is 0.286. The van der Waals surface area contributed by atoms with Gasteiger partial charge < -0.3 is 50.6 Å². The molecule has 15 rings (SSSR count). The van der Waals surface area contributed by atoms with Gasteiger partial charge in [-0.2, -0.15) is 43.5 Å². The molecule has 0 unspecified atom stereocenters. The number of hydrogen-bond acceptors (Lipinski definition) is 31.